The van der Waals surface area contributed by atoms with Crippen LogP contribution in [0, 0.1) is 11.3 Å². The van der Waals surface area contributed by atoms with Crippen LogP contribution in [-0.4, -0.2) is 67.5 Å². The minimum Gasteiger partial charge on any atom is -0.479 e. The third kappa shape index (κ3) is 9.46. The number of nitrogens with one attached hydrogen (secondary N) is 1. The number of ether oxygens (including phenoxy) is 2. The SMILES string of the molecule is CC(=O)NCCCS(=O)(=O)OC(OC(=O)OCC(C)C)C(C)(C)[C@](O)(Cc1ccccc1)C(=O)O. The van der Waals surface area contributed by atoms with Gasteiger partial charge in [0.1, 0.15) is 0 Å². The zero-order valence-electron chi connectivity index (χ0n) is 20.6. The van der Waals surface area contributed by atoms with Crippen molar-refractivity contribution in [2.24, 2.45) is 11.3 Å². The van der Waals surface area contributed by atoms with Crippen molar-refractivity contribution in [1.82, 2.24) is 5.32 Å². The van der Waals surface area contributed by atoms with E-state index in [0.29, 0.717) is 5.56 Å². The van der Waals surface area contributed by atoms with Gasteiger partial charge in [0.15, 0.2) is 5.60 Å². The molecule has 198 valence electrons. The highest BCUT2D eigenvalue weighted by molar-refractivity contribution is 7.86. The van der Waals surface area contributed by atoms with Crippen molar-refractivity contribution in [1.29, 1.82) is 0 Å². The van der Waals surface area contributed by atoms with Crippen LogP contribution in [0.2, 0.25) is 0 Å². The molecule has 0 aliphatic heterocycles. The number of benzene rings is 1. The molecule has 0 saturated heterocycles. The highest BCUT2D eigenvalue weighted by Gasteiger charge is 2.57. The van der Waals surface area contributed by atoms with Gasteiger partial charge in [0.05, 0.1) is 17.8 Å². The number of hydrogen-bond donors (Lipinski definition) is 3. The Morgan fingerprint density at radius 1 is 1.11 bits per heavy atom. The molecule has 3 N–H and O–H groups in total. The molecule has 35 heavy (non-hydrogen) atoms. The molecule has 1 amide bonds. The number of rotatable bonds is 14. The fraction of sp³-hybridized carbons (Fsp3) is 0.609. The first-order chi connectivity index (χ1) is 16.1. The lowest BCUT2D eigenvalue weighted by molar-refractivity contribution is -0.212. The van der Waals surface area contributed by atoms with Crippen LogP contribution in [0.25, 0.3) is 0 Å². The predicted molar refractivity (Wildman–Crippen MR) is 126 cm³/mol. The van der Waals surface area contributed by atoms with E-state index in [1.165, 1.54) is 20.8 Å². The third-order valence-corrected chi connectivity index (χ3v) is 6.49. The maximum absolute atomic E-state index is 12.6. The fourth-order valence-corrected chi connectivity index (χ4v) is 4.14. The zero-order chi connectivity index (χ0) is 26.9. The second kappa shape index (κ2) is 12.8. The lowest BCUT2D eigenvalue weighted by atomic mass is 9.71. The normalized spacial score (nSPS) is 14.6. The van der Waals surface area contributed by atoms with E-state index in [9.17, 15) is 33.0 Å². The average molecular weight is 518 g/mol. The number of carboxylic acid groups (broad SMARTS) is 1. The molecule has 0 radical (unpaired) electrons. The first-order valence-corrected chi connectivity index (χ1v) is 12.7. The highest BCUT2D eigenvalue weighted by Crippen LogP contribution is 2.40. The summed E-state index contributed by atoms with van der Waals surface area (Å²) in [7, 11) is -4.39. The molecule has 0 spiro atoms. The van der Waals surface area contributed by atoms with Gasteiger partial charge in [-0.15, -0.1) is 0 Å². The minimum absolute atomic E-state index is 0.0138. The van der Waals surface area contributed by atoms with Crippen LogP contribution in [0.15, 0.2) is 30.3 Å². The molecule has 1 aromatic carbocycles. The van der Waals surface area contributed by atoms with Gasteiger partial charge in [-0.25, -0.2) is 13.8 Å². The summed E-state index contributed by atoms with van der Waals surface area (Å²) in [5.74, 6) is -2.62. The molecule has 0 aromatic heterocycles. The van der Waals surface area contributed by atoms with Gasteiger partial charge in [-0.2, -0.15) is 8.42 Å². The first kappa shape index (κ1) is 30.3. The molecule has 11 nitrogen and oxygen atoms in total. The lowest BCUT2D eigenvalue weighted by Crippen LogP contribution is -2.60. The van der Waals surface area contributed by atoms with Crippen molar-refractivity contribution in [3.05, 3.63) is 35.9 Å². The van der Waals surface area contributed by atoms with E-state index in [1.807, 2.05) is 0 Å². The van der Waals surface area contributed by atoms with E-state index in [1.54, 1.807) is 44.2 Å². The number of aliphatic carboxylic acids is 1. The molecule has 1 unspecified atom stereocenters. The topological polar surface area (TPSA) is 166 Å². The summed E-state index contributed by atoms with van der Waals surface area (Å²) in [6.45, 7) is 7.27. The second-order valence-electron chi connectivity index (χ2n) is 9.15. The van der Waals surface area contributed by atoms with Crippen LogP contribution in [0.5, 0.6) is 0 Å². The largest absolute Gasteiger partial charge is 0.510 e. The van der Waals surface area contributed by atoms with Crippen LogP contribution < -0.4 is 5.32 Å². The smallest absolute Gasteiger partial charge is 0.479 e. The molecule has 0 bridgehead atoms. The van der Waals surface area contributed by atoms with Gasteiger partial charge >= 0.3 is 12.1 Å². The fourth-order valence-electron chi connectivity index (χ4n) is 3.00. The quantitative estimate of drug-likeness (QED) is 0.144. The molecule has 0 saturated carbocycles. The van der Waals surface area contributed by atoms with Crippen LogP contribution in [0.4, 0.5) is 4.79 Å². The Balaban J connectivity index is 3.27. The number of carbonyl (C=O) groups excluding carboxylic acids is 2. The Morgan fingerprint density at radius 2 is 1.71 bits per heavy atom. The minimum atomic E-state index is -4.39. The molecule has 1 aromatic rings. The Kier molecular flexibility index (Phi) is 11.1. The Labute approximate surface area is 205 Å². The summed E-state index contributed by atoms with van der Waals surface area (Å²) >= 11 is 0. The molecule has 12 heteroatoms. The van der Waals surface area contributed by atoms with E-state index in [2.05, 4.69) is 5.32 Å². The van der Waals surface area contributed by atoms with Gasteiger partial charge < -0.3 is 25.0 Å². The third-order valence-electron chi connectivity index (χ3n) is 5.23. The highest BCUT2D eigenvalue weighted by atomic mass is 32.2. The number of amides is 1. The van der Waals surface area contributed by atoms with Crippen molar-refractivity contribution in [3.63, 3.8) is 0 Å². The maximum Gasteiger partial charge on any atom is 0.510 e. The Morgan fingerprint density at radius 3 is 2.23 bits per heavy atom. The summed E-state index contributed by atoms with van der Waals surface area (Å²) < 4.78 is 40.5. The van der Waals surface area contributed by atoms with E-state index < -0.39 is 51.7 Å². The van der Waals surface area contributed by atoms with E-state index in [-0.39, 0.29) is 31.4 Å². The van der Waals surface area contributed by atoms with Gasteiger partial charge in [-0.3, -0.25) is 4.79 Å². The van der Waals surface area contributed by atoms with Crippen molar-refractivity contribution < 1.29 is 46.7 Å². The maximum atomic E-state index is 12.6. The van der Waals surface area contributed by atoms with E-state index in [4.69, 9.17) is 13.7 Å². The molecule has 0 heterocycles. The molecular formula is C23H35NO10S. The van der Waals surface area contributed by atoms with Crippen LogP contribution >= 0.6 is 0 Å². The number of hydrogen-bond acceptors (Lipinski definition) is 9. The van der Waals surface area contributed by atoms with Crippen LogP contribution in [0.1, 0.15) is 46.6 Å². The van der Waals surface area contributed by atoms with Gasteiger partial charge in [0, 0.05) is 19.9 Å². The van der Waals surface area contributed by atoms with Gasteiger partial charge in [-0.1, -0.05) is 58.0 Å². The predicted octanol–water partition coefficient (Wildman–Crippen LogP) is 2.08. The summed E-state index contributed by atoms with van der Waals surface area (Å²) in [6.07, 6.45) is -3.77. The number of aliphatic hydroxyl groups is 1. The van der Waals surface area contributed by atoms with E-state index >= 15 is 0 Å². The Hall–Kier alpha value is -2.70. The zero-order valence-corrected chi connectivity index (χ0v) is 21.5. The average Bonchev–Trinajstić information content (AvgIpc) is 2.75. The van der Waals surface area contributed by atoms with Gasteiger partial charge in [0.25, 0.3) is 10.1 Å². The van der Waals surface area contributed by atoms with Crippen molar-refractivity contribution >= 4 is 28.1 Å². The first-order valence-electron chi connectivity index (χ1n) is 11.1. The molecule has 0 aliphatic carbocycles. The monoisotopic (exact) mass is 517 g/mol. The van der Waals surface area contributed by atoms with Crippen molar-refractivity contribution in [2.45, 2.75) is 59.4 Å². The molecule has 1 rings (SSSR count). The molecular weight excluding hydrogens is 482 g/mol. The summed E-state index contributed by atoms with van der Waals surface area (Å²) in [6, 6.07) is 8.20. The second-order valence-corrected chi connectivity index (χ2v) is 10.9. The Bertz CT molecular complexity index is 962. The van der Waals surface area contributed by atoms with Crippen molar-refractivity contribution in [2.75, 3.05) is 18.9 Å². The standard InChI is InChI=1S/C23H35NO10S/c1-16(2)15-32-21(28)33-20(34-35(30,31)13-9-12-24-17(3)25)22(4,5)23(29,19(26)27)14-18-10-7-6-8-11-18/h6-8,10-11,16,20,29H,9,12-15H2,1-5H3,(H,24,25)(H,26,27)/t20?,23-/m0/s1. The van der Waals surface area contributed by atoms with Crippen molar-refractivity contribution in [3.8, 4) is 0 Å². The summed E-state index contributed by atoms with van der Waals surface area (Å²) in [4.78, 5) is 35.5. The molecule has 0 aliphatic rings. The summed E-state index contributed by atoms with van der Waals surface area (Å²) in [5, 5.41) is 23.7. The number of carbonyl (C=O) groups is 3. The molecule has 2 atom stereocenters. The van der Waals surface area contributed by atoms with Crippen LogP contribution in [-0.2, 0) is 39.8 Å². The van der Waals surface area contributed by atoms with Gasteiger partial charge in [-0.05, 0) is 17.9 Å². The molecule has 0 fully saturated rings. The summed E-state index contributed by atoms with van der Waals surface area (Å²) in [5.41, 5.74) is -4.14. The lowest BCUT2D eigenvalue weighted by Gasteiger charge is -2.42. The van der Waals surface area contributed by atoms with Crippen LogP contribution in [0.3, 0.4) is 0 Å². The van der Waals surface area contributed by atoms with E-state index in [0.717, 1.165) is 0 Å². The number of carboxylic acids is 1. The van der Waals surface area contributed by atoms with Gasteiger partial charge in [0.2, 0.25) is 12.2 Å².